The van der Waals surface area contributed by atoms with E-state index >= 15 is 0 Å². The molecule has 11 heteroatoms. The highest BCUT2D eigenvalue weighted by molar-refractivity contribution is 9.27. The van der Waals surface area contributed by atoms with E-state index in [1.807, 2.05) is 0 Å². The lowest BCUT2D eigenvalue weighted by Crippen LogP contribution is -2.58. The summed E-state index contributed by atoms with van der Waals surface area (Å²) in [5.41, 5.74) is 0. The van der Waals surface area contributed by atoms with Crippen LogP contribution >= 0.6 is 159 Å². The summed E-state index contributed by atoms with van der Waals surface area (Å²) in [5.74, 6) is 0. The maximum atomic E-state index is 6.75. The minimum absolute atomic E-state index is 0.0512. The molecule has 0 amide bonds. The van der Waals surface area contributed by atoms with E-state index in [2.05, 4.69) is 185 Å². The zero-order chi connectivity index (χ0) is 22.4. The van der Waals surface area contributed by atoms with Crippen molar-refractivity contribution in [3.05, 3.63) is 21.1 Å². The van der Waals surface area contributed by atoms with Crippen molar-refractivity contribution in [1.82, 2.24) is 0 Å². The van der Waals surface area contributed by atoms with Gasteiger partial charge >= 0.3 is 0 Å². The van der Waals surface area contributed by atoms with Gasteiger partial charge in [-0.2, -0.15) is 0 Å². The molecule has 0 heterocycles. The Balaban J connectivity index is 2.44. The third-order valence-corrected chi connectivity index (χ3v) is 18.7. The van der Waals surface area contributed by atoms with E-state index in [1.165, 1.54) is 0 Å². The first-order valence-corrected chi connectivity index (χ1v) is 17.2. The van der Waals surface area contributed by atoms with Crippen molar-refractivity contribution in [2.75, 3.05) is 0 Å². The standard InChI is InChI=1S/C18H20Br10O/c1-3-5-15(23)7-9(19)11(17(25,26)13(15)21)29-12-10(20)8-16(24,6-4-2)14(22)18(12,27)28/h7-8,11-14H,3-6H2,1-2H3. The molecular formula is C18H20Br10O. The fourth-order valence-corrected chi connectivity index (χ4v) is 14.7. The van der Waals surface area contributed by atoms with Gasteiger partial charge in [-0.25, -0.2) is 0 Å². The summed E-state index contributed by atoms with van der Waals surface area (Å²) in [7, 11) is 0. The summed E-state index contributed by atoms with van der Waals surface area (Å²) >= 11 is 38.9. The van der Waals surface area contributed by atoms with Crippen molar-refractivity contribution < 1.29 is 4.74 Å². The van der Waals surface area contributed by atoms with E-state index in [0.29, 0.717) is 0 Å². The maximum absolute atomic E-state index is 6.75. The van der Waals surface area contributed by atoms with Gasteiger partial charge in [0.25, 0.3) is 0 Å². The predicted octanol–water partition coefficient (Wildman–Crippen LogP) is 10.7. The van der Waals surface area contributed by atoms with Gasteiger partial charge in [0.05, 0.1) is 18.3 Å². The molecule has 0 aliphatic heterocycles. The van der Waals surface area contributed by atoms with E-state index in [0.717, 1.165) is 34.6 Å². The van der Waals surface area contributed by atoms with Crippen LogP contribution in [0.5, 0.6) is 0 Å². The Hall–Kier alpha value is 4.24. The number of allylic oxidation sites excluding steroid dienone is 2. The summed E-state index contributed by atoms with van der Waals surface area (Å²) in [6.07, 6.45) is 7.98. The average Bonchev–Trinajstić information content (AvgIpc) is 2.58. The van der Waals surface area contributed by atoms with Crippen LogP contribution in [0.25, 0.3) is 0 Å². The van der Waals surface area contributed by atoms with Crippen molar-refractivity contribution in [2.45, 2.75) is 76.5 Å². The largest absolute Gasteiger partial charge is 0.360 e. The number of alkyl halides is 8. The minimum Gasteiger partial charge on any atom is -0.360 e. The summed E-state index contributed by atoms with van der Waals surface area (Å²) < 4.78 is 7.28. The fraction of sp³-hybridized carbons (Fsp3) is 0.778. The number of hydrogen-bond donors (Lipinski definition) is 0. The normalized spacial score (nSPS) is 41.7. The lowest BCUT2D eigenvalue weighted by molar-refractivity contribution is 0.0220. The second-order valence-electron chi connectivity index (χ2n) is 7.38. The lowest BCUT2D eigenvalue weighted by atomic mass is 9.88. The third-order valence-electron chi connectivity index (χ3n) is 5.01. The van der Waals surface area contributed by atoms with Crippen LogP contribution < -0.4 is 0 Å². The first-order valence-electron chi connectivity index (χ1n) is 9.01. The van der Waals surface area contributed by atoms with Crippen molar-refractivity contribution in [2.24, 2.45) is 0 Å². The summed E-state index contributed by atoms with van der Waals surface area (Å²) in [6.45, 7) is 4.37. The monoisotopic (exact) mass is 1040 g/mol. The fourth-order valence-electron chi connectivity index (χ4n) is 3.64. The highest BCUT2D eigenvalue weighted by atomic mass is 79.9. The van der Waals surface area contributed by atoms with Gasteiger partial charge in [-0.1, -0.05) is 198 Å². The van der Waals surface area contributed by atoms with Gasteiger partial charge in [-0.15, -0.1) is 0 Å². The van der Waals surface area contributed by atoms with Crippen molar-refractivity contribution in [1.29, 1.82) is 0 Å². The van der Waals surface area contributed by atoms with Crippen LogP contribution in [-0.2, 0) is 4.74 Å². The minimum atomic E-state index is -0.524. The van der Waals surface area contributed by atoms with Gasteiger partial charge in [0, 0.05) is 8.96 Å². The molecule has 0 aromatic rings. The smallest absolute Gasteiger partial charge is 0.125 e. The number of rotatable bonds is 6. The highest BCUT2D eigenvalue weighted by Crippen LogP contribution is 2.59. The molecule has 0 bridgehead atoms. The third kappa shape index (κ3) is 5.98. The van der Waals surface area contributed by atoms with Crippen molar-refractivity contribution >= 4 is 159 Å². The molecule has 1 nitrogen and oxygen atoms in total. The number of hydrogen-bond acceptors (Lipinski definition) is 1. The first kappa shape index (κ1) is 29.5. The topological polar surface area (TPSA) is 9.23 Å². The van der Waals surface area contributed by atoms with Crippen LogP contribution in [0.1, 0.15) is 39.5 Å². The molecule has 0 aromatic carbocycles. The quantitative estimate of drug-likeness (QED) is 0.241. The van der Waals surface area contributed by atoms with Crippen LogP contribution in [0, 0.1) is 0 Å². The molecule has 6 atom stereocenters. The Morgan fingerprint density at radius 3 is 1.31 bits per heavy atom. The first-order chi connectivity index (χ1) is 13.2. The van der Waals surface area contributed by atoms with Gasteiger partial charge in [-0.05, 0) is 12.8 Å². The maximum Gasteiger partial charge on any atom is 0.125 e. The molecule has 29 heavy (non-hydrogen) atoms. The van der Waals surface area contributed by atoms with E-state index < -0.39 is 6.47 Å². The van der Waals surface area contributed by atoms with Crippen LogP contribution in [0.15, 0.2) is 21.1 Å². The van der Waals surface area contributed by atoms with Gasteiger partial charge in [0.2, 0.25) is 0 Å². The zero-order valence-electron chi connectivity index (χ0n) is 15.5. The molecular weight excluding hydrogens is 1030 g/mol. The highest BCUT2D eigenvalue weighted by Gasteiger charge is 2.59. The Bertz CT molecular complexity index is 622. The number of ether oxygens (including phenoxy) is 1. The summed E-state index contributed by atoms with van der Waals surface area (Å²) in [5, 5.41) is 0. The molecule has 2 rings (SSSR count). The van der Waals surface area contributed by atoms with Crippen LogP contribution in [-0.4, -0.2) is 37.0 Å². The molecule has 6 unspecified atom stereocenters. The van der Waals surface area contributed by atoms with E-state index in [-0.39, 0.29) is 30.5 Å². The lowest BCUT2D eigenvalue weighted by Gasteiger charge is -2.50. The van der Waals surface area contributed by atoms with Gasteiger partial charge in [0.15, 0.2) is 0 Å². The van der Waals surface area contributed by atoms with Crippen LogP contribution in [0.4, 0.5) is 0 Å². The van der Waals surface area contributed by atoms with E-state index in [4.69, 9.17) is 4.74 Å². The Labute approximate surface area is 257 Å². The number of halogens is 10. The summed E-state index contributed by atoms with van der Waals surface area (Å²) in [6, 6.07) is 0. The Morgan fingerprint density at radius 2 is 1.03 bits per heavy atom. The molecule has 0 saturated heterocycles. The van der Waals surface area contributed by atoms with Gasteiger partial charge in [0.1, 0.15) is 18.7 Å². The molecule has 2 aliphatic carbocycles. The molecule has 0 aromatic heterocycles. The Kier molecular flexibility index (Phi) is 11.3. The molecule has 0 spiro atoms. The zero-order valence-corrected chi connectivity index (χ0v) is 31.3. The second-order valence-corrected chi connectivity index (χ2v) is 21.4. The molecule has 0 fully saturated rings. The summed E-state index contributed by atoms with van der Waals surface area (Å²) in [4.78, 5) is 0.102. The second kappa shape index (κ2) is 11.1. The van der Waals surface area contributed by atoms with E-state index in [9.17, 15) is 0 Å². The molecule has 2 aliphatic rings. The molecule has 0 radical (unpaired) electrons. The molecule has 168 valence electrons. The average molecular weight is 1050 g/mol. The molecule has 0 N–H and O–H groups in total. The van der Waals surface area contributed by atoms with Gasteiger partial charge < -0.3 is 4.74 Å². The van der Waals surface area contributed by atoms with E-state index in [1.54, 1.807) is 0 Å². The van der Waals surface area contributed by atoms with Crippen molar-refractivity contribution in [3.8, 4) is 0 Å². The van der Waals surface area contributed by atoms with Crippen LogP contribution in [0.3, 0.4) is 0 Å². The van der Waals surface area contributed by atoms with Gasteiger partial charge in [-0.3, -0.25) is 0 Å². The van der Waals surface area contributed by atoms with Crippen molar-refractivity contribution in [3.63, 3.8) is 0 Å². The molecule has 0 saturated carbocycles. The predicted molar refractivity (Wildman–Crippen MR) is 162 cm³/mol. The van der Waals surface area contributed by atoms with Crippen LogP contribution in [0.2, 0.25) is 0 Å². The Morgan fingerprint density at radius 1 is 0.724 bits per heavy atom. The SMILES string of the molecule is CCCC1(Br)C=C(Br)C(OC2C(Br)=CC(Br)(CCC)C(Br)C2(Br)Br)C(Br)(Br)C1Br.